The van der Waals surface area contributed by atoms with E-state index in [1.165, 1.54) is 24.5 Å². The number of carbonyl (C=O) groups is 2. The van der Waals surface area contributed by atoms with Gasteiger partial charge in [-0.25, -0.2) is 0 Å². The van der Waals surface area contributed by atoms with Gasteiger partial charge < -0.3 is 0 Å². The van der Waals surface area contributed by atoms with Crippen molar-refractivity contribution in [2.75, 3.05) is 0 Å². The zero-order chi connectivity index (χ0) is 17.1. The number of benzene rings is 1. The van der Waals surface area contributed by atoms with Crippen LogP contribution in [0.2, 0.25) is 0 Å². The Balaban J connectivity index is 1.81. The van der Waals surface area contributed by atoms with Crippen LogP contribution in [0.3, 0.4) is 0 Å². The molecular weight excluding hydrogens is 306 g/mol. The van der Waals surface area contributed by atoms with Crippen molar-refractivity contribution in [3.8, 4) is 0 Å². The maximum absolute atomic E-state index is 12.5. The summed E-state index contributed by atoms with van der Waals surface area (Å²) in [6.07, 6.45) is 2.97. The molecule has 1 aliphatic rings. The van der Waals surface area contributed by atoms with Gasteiger partial charge in [0, 0.05) is 18.0 Å². The van der Waals surface area contributed by atoms with Crippen molar-refractivity contribution >= 4 is 23.2 Å². The Hall–Kier alpha value is -3.22. The van der Waals surface area contributed by atoms with E-state index in [-0.39, 0.29) is 0 Å². The van der Waals surface area contributed by atoms with Gasteiger partial charge >= 0.3 is 0 Å². The Labute approximate surface area is 138 Å². The highest BCUT2D eigenvalue weighted by atomic mass is 16.2. The van der Waals surface area contributed by atoms with Gasteiger partial charge in [-0.2, -0.15) is 20.3 Å². The van der Waals surface area contributed by atoms with E-state index >= 15 is 0 Å². The van der Waals surface area contributed by atoms with Gasteiger partial charge in [0.05, 0.1) is 11.4 Å². The number of carbonyl (C=O) groups excluding carboxylic acids is 2. The largest absolute Gasteiger partial charge is 0.282 e. The molecule has 1 aromatic carbocycles. The Morgan fingerprint density at radius 2 is 1.83 bits per heavy atom. The number of amides is 2. The minimum absolute atomic E-state index is 0.339. The van der Waals surface area contributed by atoms with Crippen molar-refractivity contribution in [1.82, 2.24) is 9.99 Å². The van der Waals surface area contributed by atoms with Crippen LogP contribution < -0.4 is 0 Å². The predicted octanol–water partition coefficient (Wildman–Crippen LogP) is 2.90. The molecule has 0 bridgehead atoms. The number of aryl methyl sites for hydroxylation is 1. The minimum Gasteiger partial charge on any atom is -0.269 e. The zero-order valence-electron chi connectivity index (χ0n) is 13.2. The second-order valence-electron chi connectivity index (χ2n) is 5.34. The van der Waals surface area contributed by atoms with Crippen LogP contribution in [0.25, 0.3) is 0 Å². The number of rotatable bonds is 3. The summed E-state index contributed by atoms with van der Waals surface area (Å²) in [5.74, 6) is -1.01. The van der Waals surface area contributed by atoms with Crippen molar-refractivity contribution in [2.45, 2.75) is 19.9 Å². The van der Waals surface area contributed by atoms with Gasteiger partial charge in [-0.1, -0.05) is 18.2 Å². The molecule has 0 spiro atoms. The molecule has 0 saturated heterocycles. The molecule has 7 heteroatoms. The maximum atomic E-state index is 12.5. The highest BCUT2D eigenvalue weighted by Crippen LogP contribution is 2.21. The highest BCUT2D eigenvalue weighted by Gasteiger charge is 2.38. The number of hydrogen-bond acceptors (Lipinski definition) is 6. The Morgan fingerprint density at radius 3 is 2.54 bits per heavy atom. The number of pyridine rings is 1. The lowest BCUT2D eigenvalue weighted by atomic mass is 10.2. The number of azo groups is 1. The number of nitrogens with zero attached hydrogens (tertiary/aromatic N) is 5. The number of hydrogen-bond donors (Lipinski definition) is 0. The van der Waals surface area contributed by atoms with E-state index in [1.54, 1.807) is 6.92 Å². The van der Waals surface area contributed by atoms with Crippen LogP contribution in [0.4, 0.5) is 5.69 Å². The molecule has 0 saturated carbocycles. The SMILES string of the molecule is CC1=NN(C(=O)c2ccncc2)C(=O)[C@@H]1N=Nc1ccccc1C. The summed E-state index contributed by atoms with van der Waals surface area (Å²) in [6, 6.07) is 9.64. The first-order chi connectivity index (χ1) is 11.6. The monoisotopic (exact) mass is 321 g/mol. The van der Waals surface area contributed by atoms with Crippen molar-refractivity contribution in [2.24, 2.45) is 15.3 Å². The summed E-state index contributed by atoms with van der Waals surface area (Å²) < 4.78 is 0. The predicted molar refractivity (Wildman–Crippen MR) is 88.0 cm³/mol. The maximum Gasteiger partial charge on any atom is 0.282 e. The molecule has 0 unspecified atom stereocenters. The quantitative estimate of drug-likeness (QED) is 0.643. The van der Waals surface area contributed by atoms with Gasteiger partial charge in [0.1, 0.15) is 0 Å². The summed E-state index contributed by atoms with van der Waals surface area (Å²) in [5.41, 5.74) is 2.40. The fraction of sp³-hybridized carbons (Fsp3) is 0.176. The zero-order valence-corrected chi connectivity index (χ0v) is 13.2. The number of imide groups is 1. The first kappa shape index (κ1) is 15.7. The van der Waals surface area contributed by atoms with Crippen LogP contribution in [0, 0.1) is 6.92 Å². The second kappa shape index (κ2) is 6.49. The molecule has 7 nitrogen and oxygen atoms in total. The van der Waals surface area contributed by atoms with Gasteiger partial charge in [-0.3, -0.25) is 14.6 Å². The summed E-state index contributed by atoms with van der Waals surface area (Å²) >= 11 is 0. The fourth-order valence-electron chi connectivity index (χ4n) is 2.25. The van der Waals surface area contributed by atoms with Gasteiger partial charge in [0.2, 0.25) is 0 Å². The topological polar surface area (TPSA) is 87.4 Å². The molecule has 2 aromatic rings. The highest BCUT2D eigenvalue weighted by molar-refractivity contribution is 6.18. The summed E-state index contributed by atoms with van der Waals surface area (Å²) in [6.45, 7) is 3.56. The molecule has 0 radical (unpaired) electrons. The van der Waals surface area contributed by atoms with Gasteiger partial charge in [-0.15, -0.1) is 0 Å². The van der Waals surface area contributed by atoms with Crippen molar-refractivity contribution in [3.63, 3.8) is 0 Å². The molecule has 24 heavy (non-hydrogen) atoms. The molecule has 1 aliphatic heterocycles. The Morgan fingerprint density at radius 1 is 1.12 bits per heavy atom. The Kier molecular flexibility index (Phi) is 4.24. The third-order valence-electron chi connectivity index (χ3n) is 3.61. The van der Waals surface area contributed by atoms with Crippen LogP contribution in [0.5, 0.6) is 0 Å². The van der Waals surface area contributed by atoms with E-state index in [0.717, 1.165) is 10.6 Å². The van der Waals surface area contributed by atoms with Gasteiger partial charge in [0.15, 0.2) is 6.04 Å². The van der Waals surface area contributed by atoms with E-state index in [0.29, 0.717) is 17.0 Å². The minimum atomic E-state index is -0.879. The van der Waals surface area contributed by atoms with E-state index in [1.807, 2.05) is 31.2 Å². The molecule has 120 valence electrons. The molecule has 0 N–H and O–H groups in total. The van der Waals surface area contributed by atoms with Crippen molar-refractivity contribution in [1.29, 1.82) is 0 Å². The number of hydrazone groups is 1. The summed E-state index contributed by atoms with van der Waals surface area (Å²) in [5, 5.41) is 13.1. The first-order valence-electron chi connectivity index (χ1n) is 7.38. The second-order valence-corrected chi connectivity index (χ2v) is 5.34. The van der Waals surface area contributed by atoms with Crippen molar-refractivity contribution in [3.05, 3.63) is 59.9 Å². The van der Waals surface area contributed by atoms with E-state index in [9.17, 15) is 9.59 Å². The molecule has 2 amide bonds. The molecule has 0 aliphatic carbocycles. The average Bonchev–Trinajstić information content (AvgIpc) is 2.89. The number of aromatic nitrogens is 1. The van der Waals surface area contributed by atoms with Crippen LogP contribution in [0.1, 0.15) is 22.8 Å². The normalized spacial score (nSPS) is 17.4. The van der Waals surface area contributed by atoms with Gasteiger partial charge in [0.25, 0.3) is 11.8 Å². The standard InChI is InChI=1S/C17H15N5O2/c1-11-5-3-4-6-14(11)19-20-15-12(2)21-22(17(15)24)16(23)13-7-9-18-10-8-13/h3-10,15H,1-2H3/t15-/m1/s1. The molecule has 0 fully saturated rings. The molecular formula is C17H15N5O2. The lowest BCUT2D eigenvalue weighted by molar-refractivity contribution is -0.127. The van der Waals surface area contributed by atoms with Crippen LogP contribution in [-0.4, -0.2) is 33.6 Å². The van der Waals surface area contributed by atoms with E-state index in [4.69, 9.17) is 0 Å². The smallest absolute Gasteiger partial charge is 0.269 e. The lowest BCUT2D eigenvalue weighted by Gasteiger charge is -2.10. The van der Waals surface area contributed by atoms with Gasteiger partial charge in [-0.05, 0) is 37.6 Å². The third-order valence-corrected chi connectivity index (χ3v) is 3.61. The molecule has 2 heterocycles. The average molecular weight is 321 g/mol. The first-order valence-corrected chi connectivity index (χ1v) is 7.38. The third kappa shape index (κ3) is 2.96. The molecule has 1 atom stereocenters. The summed E-state index contributed by atoms with van der Waals surface area (Å²) in [7, 11) is 0. The van der Waals surface area contributed by atoms with E-state index < -0.39 is 17.9 Å². The summed E-state index contributed by atoms with van der Waals surface area (Å²) in [4.78, 5) is 28.7. The van der Waals surface area contributed by atoms with Crippen molar-refractivity contribution < 1.29 is 9.59 Å². The molecule has 1 aromatic heterocycles. The van der Waals surface area contributed by atoms with Crippen LogP contribution in [-0.2, 0) is 4.79 Å². The molecule has 3 rings (SSSR count). The Bertz CT molecular complexity index is 845. The fourth-order valence-corrected chi connectivity index (χ4v) is 2.25. The lowest BCUT2D eigenvalue weighted by Crippen LogP contribution is -2.34. The van der Waals surface area contributed by atoms with Crippen LogP contribution >= 0.6 is 0 Å². The van der Waals surface area contributed by atoms with E-state index in [2.05, 4.69) is 20.3 Å². The van der Waals surface area contributed by atoms with Crippen LogP contribution in [0.15, 0.2) is 64.1 Å².